The predicted octanol–water partition coefficient (Wildman–Crippen LogP) is 0.579. The summed E-state index contributed by atoms with van der Waals surface area (Å²) in [4.78, 5) is 0. The molecular formula is C10H14F3NO2. The van der Waals surface area contributed by atoms with Gasteiger partial charge in [0.15, 0.2) is 0 Å². The summed E-state index contributed by atoms with van der Waals surface area (Å²) in [6.07, 6.45) is -3.92. The quantitative estimate of drug-likeness (QED) is 0.585. The van der Waals surface area contributed by atoms with E-state index >= 15 is 0 Å². The van der Waals surface area contributed by atoms with E-state index in [4.69, 9.17) is 0 Å². The van der Waals surface area contributed by atoms with Crippen molar-refractivity contribution in [2.45, 2.75) is 36.8 Å². The number of nitrogens with one attached hydrogen (secondary N) is 1. The summed E-state index contributed by atoms with van der Waals surface area (Å²) < 4.78 is 36.2. The molecule has 1 aliphatic heterocycles. The molecule has 2 fully saturated rings. The summed E-state index contributed by atoms with van der Waals surface area (Å²) in [5.41, 5.74) is -0.430. The Labute approximate surface area is 91.0 Å². The van der Waals surface area contributed by atoms with Gasteiger partial charge in [-0.1, -0.05) is 6.08 Å². The molecule has 3 nitrogen and oxygen atoms in total. The molecule has 2 rings (SSSR count). The third kappa shape index (κ3) is 2.23. The van der Waals surface area contributed by atoms with Crippen molar-refractivity contribution in [2.75, 3.05) is 6.54 Å². The Hall–Kier alpha value is -0.590. The summed E-state index contributed by atoms with van der Waals surface area (Å²) in [6, 6.07) is 0. The van der Waals surface area contributed by atoms with Gasteiger partial charge in [0.25, 0.3) is 0 Å². The Morgan fingerprint density at radius 2 is 1.88 bits per heavy atom. The predicted molar refractivity (Wildman–Crippen MR) is 50.7 cm³/mol. The standard InChI is InChI=1S/C10H14F3NO2/c11-10(12,13)2-1-6-8(16)7(15)5-14-9(6)3-4-9/h1-2,6-8,14-16H,3-5H2/t6-,7-,8-/m1/s1. The van der Waals surface area contributed by atoms with Gasteiger partial charge in [-0.3, -0.25) is 0 Å². The third-order valence-corrected chi connectivity index (χ3v) is 3.34. The molecule has 0 radical (unpaired) electrons. The van der Waals surface area contributed by atoms with E-state index in [9.17, 15) is 23.4 Å². The van der Waals surface area contributed by atoms with Crippen LogP contribution in [0.2, 0.25) is 0 Å². The Bertz CT molecular complexity index is 299. The first kappa shape index (κ1) is 11.9. The van der Waals surface area contributed by atoms with E-state index in [1.807, 2.05) is 0 Å². The minimum absolute atomic E-state index is 0.140. The fourth-order valence-corrected chi connectivity index (χ4v) is 2.27. The maximum absolute atomic E-state index is 12.1. The van der Waals surface area contributed by atoms with Crippen molar-refractivity contribution in [3.05, 3.63) is 12.2 Å². The number of aliphatic hydroxyl groups excluding tert-OH is 2. The van der Waals surface area contributed by atoms with Crippen LogP contribution in [0.3, 0.4) is 0 Å². The van der Waals surface area contributed by atoms with E-state index < -0.39 is 29.8 Å². The third-order valence-electron chi connectivity index (χ3n) is 3.34. The van der Waals surface area contributed by atoms with Crippen LogP contribution in [0.4, 0.5) is 13.2 Å². The molecule has 16 heavy (non-hydrogen) atoms. The van der Waals surface area contributed by atoms with Gasteiger partial charge < -0.3 is 15.5 Å². The molecule has 1 saturated carbocycles. The molecule has 0 aromatic heterocycles. The van der Waals surface area contributed by atoms with E-state index in [2.05, 4.69) is 5.32 Å². The van der Waals surface area contributed by atoms with Crippen LogP contribution in [0, 0.1) is 5.92 Å². The zero-order chi connectivity index (χ0) is 12.0. The number of rotatable bonds is 1. The molecule has 6 heteroatoms. The number of piperidine rings is 1. The fraction of sp³-hybridized carbons (Fsp3) is 0.800. The average molecular weight is 237 g/mol. The summed E-state index contributed by atoms with van der Waals surface area (Å²) in [5, 5.41) is 22.1. The second kappa shape index (κ2) is 3.72. The highest BCUT2D eigenvalue weighted by molar-refractivity contribution is 5.19. The number of halogens is 3. The molecular weight excluding hydrogens is 223 g/mol. The van der Waals surface area contributed by atoms with Gasteiger partial charge >= 0.3 is 6.18 Å². The van der Waals surface area contributed by atoms with E-state index in [1.165, 1.54) is 0 Å². The normalized spacial score (nSPS) is 38.2. The zero-order valence-corrected chi connectivity index (χ0v) is 8.54. The molecule has 1 aliphatic carbocycles. The monoisotopic (exact) mass is 237 g/mol. The molecule has 3 N–H and O–H groups in total. The van der Waals surface area contributed by atoms with Gasteiger partial charge in [0.1, 0.15) is 0 Å². The van der Waals surface area contributed by atoms with Crippen molar-refractivity contribution in [3.63, 3.8) is 0 Å². The lowest BCUT2D eigenvalue weighted by molar-refractivity contribution is -0.0821. The number of aliphatic hydroxyl groups is 2. The Balaban J connectivity index is 2.12. The van der Waals surface area contributed by atoms with Crippen molar-refractivity contribution in [2.24, 2.45) is 5.92 Å². The first-order valence-corrected chi connectivity index (χ1v) is 5.21. The van der Waals surface area contributed by atoms with Crippen LogP contribution in [0.5, 0.6) is 0 Å². The average Bonchev–Trinajstić information content (AvgIpc) is 2.92. The highest BCUT2D eigenvalue weighted by Gasteiger charge is 2.55. The second-order valence-corrected chi connectivity index (χ2v) is 4.52. The van der Waals surface area contributed by atoms with E-state index in [0.29, 0.717) is 0 Å². The van der Waals surface area contributed by atoms with Crippen molar-refractivity contribution in [3.8, 4) is 0 Å². The smallest absolute Gasteiger partial charge is 0.390 e. The van der Waals surface area contributed by atoms with E-state index in [0.717, 1.165) is 18.9 Å². The molecule has 1 spiro atoms. The molecule has 92 valence electrons. The van der Waals surface area contributed by atoms with Gasteiger partial charge in [0.05, 0.1) is 12.2 Å². The summed E-state index contributed by atoms with van der Waals surface area (Å²) >= 11 is 0. The molecule has 3 atom stereocenters. The van der Waals surface area contributed by atoms with Gasteiger partial charge in [-0.05, 0) is 12.8 Å². The highest BCUT2D eigenvalue weighted by atomic mass is 19.4. The number of allylic oxidation sites excluding steroid dienone is 1. The molecule has 0 aromatic carbocycles. The number of hydrogen-bond acceptors (Lipinski definition) is 3. The van der Waals surface area contributed by atoms with Gasteiger partial charge in [0.2, 0.25) is 0 Å². The molecule has 0 unspecified atom stereocenters. The van der Waals surface area contributed by atoms with Crippen molar-refractivity contribution >= 4 is 0 Å². The lowest BCUT2D eigenvalue weighted by Gasteiger charge is -2.38. The lowest BCUT2D eigenvalue weighted by atomic mass is 9.84. The van der Waals surface area contributed by atoms with Gasteiger partial charge in [-0.2, -0.15) is 13.2 Å². The SMILES string of the molecule is O[C@H]1[C@H](O)CNC2(CC2)[C@@H]1C=CC(F)(F)F. The van der Waals surface area contributed by atoms with Crippen LogP contribution in [0.25, 0.3) is 0 Å². The fourth-order valence-electron chi connectivity index (χ4n) is 2.27. The minimum Gasteiger partial charge on any atom is -0.390 e. The van der Waals surface area contributed by atoms with Crippen molar-refractivity contribution in [1.29, 1.82) is 0 Å². The lowest BCUT2D eigenvalue weighted by Crippen LogP contribution is -2.57. The highest BCUT2D eigenvalue weighted by Crippen LogP contribution is 2.47. The molecule has 0 bridgehead atoms. The van der Waals surface area contributed by atoms with Crippen LogP contribution in [-0.4, -0.2) is 40.7 Å². The Kier molecular flexibility index (Phi) is 2.76. The maximum atomic E-state index is 12.1. The van der Waals surface area contributed by atoms with Crippen molar-refractivity contribution in [1.82, 2.24) is 5.32 Å². The summed E-state index contributed by atoms with van der Waals surface area (Å²) in [7, 11) is 0. The number of alkyl halides is 3. The first-order chi connectivity index (χ1) is 7.34. The van der Waals surface area contributed by atoms with Gasteiger partial charge in [0, 0.05) is 24.1 Å². The van der Waals surface area contributed by atoms with Gasteiger partial charge in [-0.25, -0.2) is 0 Å². The van der Waals surface area contributed by atoms with Crippen molar-refractivity contribution < 1.29 is 23.4 Å². The number of hydrogen-bond donors (Lipinski definition) is 3. The van der Waals surface area contributed by atoms with Crippen LogP contribution in [-0.2, 0) is 0 Å². The Morgan fingerprint density at radius 3 is 2.38 bits per heavy atom. The molecule has 0 aromatic rings. The second-order valence-electron chi connectivity index (χ2n) is 4.52. The minimum atomic E-state index is -4.38. The van der Waals surface area contributed by atoms with Crippen LogP contribution < -0.4 is 5.32 Å². The molecule has 2 aliphatic rings. The largest absolute Gasteiger partial charge is 0.409 e. The summed E-state index contributed by atoms with van der Waals surface area (Å²) in [6.45, 7) is 0.234. The van der Waals surface area contributed by atoms with E-state index in [-0.39, 0.29) is 12.6 Å². The van der Waals surface area contributed by atoms with E-state index in [1.54, 1.807) is 0 Å². The topological polar surface area (TPSA) is 52.5 Å². The number of β-amino-alcohol motifs (C(OH)–C–C–N with tert-alkyl or cyclic N) is 1. The summed E-state index contributed by atoms with van der Waals surface area (Å²) in [5.74, 6) is -0.669. The Morgan fingerprint density at radius 1 is 1.25 bits per heavy atom. The van der Waals surface area contributed by atoms with Crippen LogP contribution in [0.1, 0.15) is 12.8 Å². The molecule has 0 amide bonds. The van der Waals surface area contributed by atoms with Gasteiger partial charge in [-0.15, -0.1) is 0 Å². The zero-order valence-electron chi connectivity index (χ0n) is 8.54. The first-order valence-electron chi connectivity index (χ1n) is 5.21. The maximum Gasteiger partial charge on any atom is 0.409 e. The molecule has 1 heterocycles. The van der Waals surface area contributed by atoms with Crippen LogP contribution >= 0.6 is 0 Å². The molecule has 1 saturated heterocycles. The van der Waals surface area contributed by atoms with Crippen LogP contribution in [0.15, 0.2) is 12.2 Å².